The van der Waals surface area contributed by atoms with E-state index in [4.69, 9.17) is 0 Å². The highest BCUT2D eigenvalue weighted by Gasteiger charge is 2.18. The minimum Gasteiger partial charge on any atom is -0.468 e. The lowest BCUT2D eigenvalue weighted by molar-refractivity contribution is -0.137. The molecule has 1 N–H and O–H groups in total. The van der Waals surface area contributed by atoms with Crippen molar-refractivity contribution in [1.29, 1.82) is 0 Å². The van der Waals surface area contributed by atoms with Crippen molar-refractivity contribution in [1.82, 2.24) is 10.2 Å². The Morgan fingerprint density at radius 1 is 1.24 bits per heavy atom. The number of carbonyl (C=O) groups excluding carboxylic acids is 2. The number of aryl methyl sites for hydroxylation is 3. The molecule has 0 aliphatic heterocycles. The highest BCUT2D eigenvalue weighted by Crippen LogP contribution is 2.32. The van der Waals surface area contributed by atoms with Crippen molar-refractivity contribution in [2.45, 2.75) is 32.9 Å². The second kappa shape index (κ2) is 8.44. The molecule has 8 heteroatoms. The summed E-state index contributed by atoms with van der Waals surface area (Å²) in [7, 11) is 1.32. The number of thioether (sulfide) groups is 1. The number of hydrogen-bond donors (Lipinski definition) is 1. The molecule has 1 aromatic heterocycles. The predicted octanol–water partition coefficient (Wildman–Crippen LogP) is 3.36. The van der Waals surface area contributed by atoms with Gasteiger partial charge in [0, 0.05) is 5.56 Å². The highest BCUT2D eigenvalue weighted by atomic mass is 32.2. The number of nitrogens with zero attached hydrogens (tertiary/aromatic N) is 2. The lowest BCUT2D eigenvalue weighted by Gasteiger charge is -2.09. The summed E-state index contributed by atoms with van der Waals surface area (Å²) in [5.74, 6) is -0.434. The first kappa shape index (κ1) is 19.4. The number of methoxy groups -OCH3 is 1. The summed E-state index contributed by atoms with van der Waals surface area (Å²) >= 11 is 2.56. The van der Waals surface area contributed by atoms with Gasteiger partial charge in [-0.2, -0.15) is 0 Å². The SMILES string of the molecule is COC(=O)CSC(C)C(=O)Nc1nnc(-c2c(C)cc(C)cc2C)s1. The maximum atomic E-state index is 12.2. The molecule has 0 saturated carbocycles. The van der Waals surface area contributed by atoms with Crippen LogP contribution < -0.4 is 5.32 Å². The Morgan fingerprint density at radius 2 is 1.88 bits per heavy atom. The van der Waals surface area contributed by atoms with Crippen LogP contribution in [0.3, 0.4) is 0 Å². The molecular formula is C17H21N3O3S2. The lowest BCUT2D eigenvalue weighted by Crippen LogP contribution is -2.23. The Balaban J connectivity index is 2.07. The van der Waals surface area contributed by atoms with Crippen molar-refractivity contribution in [2.75, 3.05) is 18.2 Å². The fourth-order valence-corrected chi connectivity index (χ4v) is 4.06. The molecule has 1 unspecified atom stereocenters. The van der Waals surface area contributed by atoms with E-state index >= 15 is 0 Å². The highest BCUT2D eigenvalue weighted by molar-refractivity contribution is 8.01. The number of anilines is 1. The molecule has 0 aliphatic carbocycles. The number of benzene rings is 1. The van der Waals surface area contributed by atoms with Crippen molar-refractivity contribution in [3.8, 4) is 10.6 Å². The molecule has 0 bridgehead atoms. The molecular weight excluding hydrogens is 358 g/mol. The molecule has 6 nitrogen and oxygen atoms in total. The largest absolute Gasteiger partial charge is 0.468 e. The van der Waals surface area contributed by atoms with Gasteiger partial charge in [-0.05, 0) is 38.8 Å². The van der Waals surface area contributed by atoms with Gasteiger partial charge >= 0.3 is 5.97 Å². The average molecular weight is 380 g/mol. The maximum absolute atomic E-state index is 12.2. The van der Waals surface area contributed by atoms with Crippen LogP contribution in [-0.2, 0) is 14.3 Å². The Bertz CT molecular complexity index is 766. The normalized spacial score (nSPS) is 11.9. The van der Waals surface area contributed by atoms with Crippen LogP contribution >= 0.6 is 23.1 Å². The van der Waals surface area contributed by atoms with E-state index in [0.717, 1.165) is 21.7 Å². The van der Waals surface area contributed by atoms with E-state index < -0.39 is 5.25 Å². The van der Waals surface area contributed by atoms with E-state index in [1.54, 1.807) is 6.92 Å². The van der Waals surface area contributed by atoms with E-state index in [2.05, 4.69) is 39.3 Å². The molecule has 1 atom stereocenters. The fraction of sp³-hybridized carbons (Fsp3) is 0.412. The molecule has 1 heterocycles. The molecule has 0 aliphatic rings. The first-order valence-electron chi connectivity index (χ1n) is 7.72. The van der Waals surface area contributed by atoms with Gasteiger partial charge < -0.3 is 4.74 Å². The number of esters is 1. The average Bonchev–Trinajstić information content (AvgIpc) is 2.99. The zero-order valence-corrected chi connectivity index (χ0v) is 16.5. The zero-order valence-electron chi connectivity index (χ0n) is 14.9. The van der Waals surface area contributed by atoms with Gasteiger partial charge in [0.25, 0.3) is 0 Å². The van der Waals surface area contributed by atoms with Gasteiger partial charge in [-0.1, -0.05) is 29.0 Å². The summed E-state index contributed by atoms with van der Waals surface area (Å²) < 4.78 is 4.57. The second-order valence-corrected chi connectivity index (χ2v) is 8.01. The molecule has 0 saturated heterocycles. The molecule has 0 radical (unpaired) electrons. The van der Waals surface area contributed by atoms with Gasteiger partial charge in [0.05, 0.1) is 18.1 Å². The standard InChI is InChI=1S/C17H21N3O3S2/c1-9-6-10(2)14(11(3)7-9)16-19-20-17(25-16)18-15(22)12(4)24-8-13(21)23-5/h6-7,12H,8H2,1-5H3,(H,18,20,22). The zero-order chi connectivity index (χ0) is 18.6. The van der Waals surface area contributed by atoms with Gasteiger partial charge in [-0.15, -0.1) is 22.0 Å². The Kier molecular flexibility index (Phi) is 6.55. The maximum Gasteiger partial charge on any atom is 0.315 e. The van der Waals surface area contributed by atoms with Gasteiger partial charge in [-0.3, -0.25) is 14.9 Å². The third kappa shape index (κ3) is 5.02. The Hall–Kier alpha value is -1.93. The first-order valence-corrected chi connectivity index (χ1v) is 9.59. The van der Waals surface area contributed by atoms with Crippen LogP contribution in [0.4, 0.5) is 5.13 Å². The number of carbonyl (C=O) groups is 2. The molecule has 134 valence electrons. The van der Waals surface area contributed by atoms with E-state index in [9.17, 15) is 9.59 Å². The van der Waals surface area contributed by atoms with Gasteiger partial charge in [0.15, 0.2) is 0 Å². The Morgan fingerprint density at radius 3 is 2.48 bits per heavy atom. The third-order valence-corrected chi connectivity index (χ3v) is 5.57. The van der Waals surface area contributed by atoms with E-state index in [0.29, 0.717) is 5.13 Å². The molecule has 2 rings (SSSR count). The molecule has 0 spiro atoms. The van der Waals surface area contributed by atoms with Crippen LogP contribution in [0.1, 0.15) is 23.6 Å². The fourth-order valence-electron chi connectivity index (χ4n) is 2.43. The van der Waals surface area contributed by atoms with Crippen LogP contribution in [0.2, 0.25) is 0 Å². The summed E-state index contributed by atoms with van der Waals surface area (Å²) in [4.78, 5) is 23.3. The van der Waals surface area contributed by atoms with Gasteiger partial charge in [0.2, 0.25) is 11.0 Å². The smallest absolute Gasteiger partial charge is 0.315 e. The molecule has 0 fully saturated rings. The van der Waals surface area contributed by atoms with Crippen LogP contribution in [0.25, 0.3) is 10.6 Å². The minimum atomic E-state index is -0.394. The number of ether oxygens (including phenoxy) is 1. The van der Waals surface area contributed by atoms with Crippen molar-refractivity contribution in [2.24, 2.45) is 0 Å². The number of hydrogen-bond acceptors (Lipinski definition) is 7. The van der Waals surface area contributed by atoms with Crippen LogP contribution in [0.15, 0.2) is 12.1 Å². The van der Waals surface area contributed by atoms with Crippen molar-refractivity contribution >= 4 is 40.1 Å². The Labute approximate surface area is 155 Å². The monoisotopic (exact) mass is 379 g/mol. The summed E-state index contributed by atoms with van der Waals surface area (Å²) in [5.41, 5.74) is 4.52. The topological polar surface area (TPSA) is 81.2 Å². The molecule has 2 aromatic rings. The quantitative estimate of drug-likeness (QED) is 0.775. The molecule has 1 amide bonds. The van der Waals surface area contributed by atoms with Crippen molar-refractivity contribution < 1.29 is 14.3 Å². The summed E-state index contributed by atoms with van der Waals surface area (Å²) in [6.45, 7) is 7.88. The summed E-state index contributed by atoms with van der Waals surface area (Å²) in [6, 6.07) is 4.21. The van der Waals surface area contributed by atoms with Crippen LogP contribution in [0, 0.1) is 20.8 Å². The van der Waals surface area contributed by atoms with E-state index in [1.165, 1.54) is 35.8 Å². The number of amides is 1. The van der Waals surface area contributed by atoms with Crippen molar-refractivity contribution in [3.63, 3.8) is 0 Å². The summed E-state index contributed by atoms with van der Waals surface area (Å²) in [6.07, 6.45) is 0. The third-order valence-electron chi connectivity index (χ3n) is 3.59. The van der Waals surface area contributed by atoms with E-state index in [-0.39, 0.29) is 17.6 Å². The van der Waals surface area contributed by atoms with Crippen molar-refractivity contribution in [3.05, 3.63) is 28.8 Å². The lowest BCUT2D eigenvalue weighted by atomic mass is 10.0. The van der Waals surface area contributed by atoms with Crippen LogP contribution in [0.5, 0.6) is 0 Å². The molecule has 1 aromatic carbocycles. The second-order valence-electron chi connectivity index (χ2n) is 5.70. The van der Waals surface area contributed by atoms with Gasteiger partial charge in [-0.25, -0.2) is 0 Å². The minimum absolute atomic E-state index is 0.133. The van der Waals surface area contributed by atoms with E-state index in [1.807, 2.05) is 13.8 Å². The first-order chi connectivity index (χ1) is 11.8. The predicted molar refractivity (Wildman–Crippen MR) is 102 cm³/mol. The van der Waals surface area contributed by atoms with Gasteiger partial charge in [0.1, 0.15) is 5.01 Å². The summed E-state index contributed by atoms with van der Waals surface area (Å²) in [5, 5.41) is 11.9. The number of nitrogens with one attached hydrogen (secondary N) is 1. The molecule has 25 heavy (non-hydrogen) atoms. The number of aromatic nitrogens is 2. The van der Waals surface area contributed by atoms with Crippen LogP contribution in [-0.4, -0.2) is 40.2 Å². The number of rotatable bonds is 6.